The van der Waals surface area contributed by atoms with E-state index in [-0.39, 0.29) is 25.0 Å². The maximum atomic E-state index is 13.8. The Morgan fingerprint density at radius 2 is 1.67 bits per heavy atom. The summed E-state index contributed by atoms with van der Waals surface area (Å²) in [6.45, 7) is 2.14. The highest BCUT2D eigenvalue weighted by atomic mass is 32.2. The monoisotopic (exact) mass is 436 g/mol. The highest BCUT2D eigenvalue weighted by molar-refractivity contribution is 7.88. The van der Waals surface area contributed by atoms with Crippen LogP contribution in [0.2, 0.25) is 0 Å². The summed E-state index contributed by atoms with van der Waals surface area (Å²) in [5.41, 5.74) is 1.33. The molecule has 1 aliphatic rings. The van der Waals surface area contributed by atoms with Gasteiger partial charge in [-0.2, -0.15) is 4.31 Å². The van der Waals surface area contributed by atoms with E-state index in [4.69, 9.17) is 0 Å². The molecular weight excluding hydrogens is 410 g/mol. The molecule has 0 amide bonds. The minimum atomic E-state index is -3.49. The average Bonchev–Trinajstić information content (AvgIpc) is 3.20. The predicted molar refractivity (Wildman–Crippen MR) is 114 cm³/mol. The molecule has 1 aromatic heterocycles. The second-order valence-electron chi connectivity index (χ2n) is 8.40. The minimum Gasteiger partial charge on any atom is -0.390 e. The van der Waals surface area contributed by atoms with Gasteiger partial charge in [-0.3, -0.25) is 0 Å². The molecule has 1 N–H and O–H groups in total. The Bertz CT molecular complexity index is 1130. The number of aliphatic hydroxyl groups excluding tert-OH is 1. The molecule has 0 spiro atoms. The van der Waals surface area contributed by atoms with E-state index >= 15 is 0 Å². The molecule has 4 rings (SSSR count). The molecule has 1 saturated carbocycles. The number of fused-ring (bicyclic) bond motifs is 3. The first-order chi connectivity index (χ1) is 14.1. The van der Waals surface area contributed by atoms with Crippen LogP contribution in [0.15, 0.2) is 36.4 Å². The van der Waals surface area contributed by atoms with Crippen molar-refractivity contribution in [3.8, 4) is 0 Å². The van der Waals surface area contributed by atoms with Gasteiger partial charge in [0, 0.05) is 34.4 Å². The van der Waals surface area contributed by atoms with Gasteiger partial charge in [0.1, 0.15) is 11.6 Å². The second-order valence-corrected chi connectivity index (χ2v) is 10.3. The van der Waals surface area contributed by atoms with Crippen molar-refractivity contribution in [1.29, 1.82) is 0 Å². The summed E-state index contributed by atoms with van der Waals surface area (Å²) in [7, 11) is -3.49. The zero-order valence-corrected chi connectivity index (χ0v) is 17.9. The van der Waals surface area contributed by atoms with E-state index in [1.165, 1.54) is 34.8 Å². The van der Waals surface area contributed by atoms with Crippen LogP contribution in [0.3, 0.4) is 0 Å². The number of benzene rings is 2. The number of aromatic nitrogens is 1. The lowest BCUT2D eigenvalue weighted by Crippen LogP contribution is -2.46. The second kappa shape index (κ2) is 7.90. The van der Waals surface area contributed by atoms with Crippen LogP contribution in [0.25, 0.3) is 21.8 Å². The van der Waals surface area contributed by atoms with Crippen molar-refractivity contribution in [2.24, 2.45) is 5.92 Å². The molecule has 0 saturated heterocycles. The molecule has 162 valence electrons. The van der Waals surface area contributed by atoms with Crippen LogP contribution in [-0.4, -0.2) is 47.3 Å². The Labute approximate surface area is 175 Å². The van der Waals surface area contributed by atoms with Gasteiger partial charge in [0.25, 0.3) is 0 Å². The Kier molecular flexibility index (Phi) is 5.59. The third-order valence-corrected chi connectivity index (χ3v) is 7.46. The largest absolute Gasteiger partial charge is 0.390 e. The molecule has 2 aromatic carbocycles. The predicted octanol–water partition coefficient (Wildman–Crippen LogP) is 3.88. The molecule has 3 atom stereocenters. The highest BCUT2D eigenvalue weighted by Crippen LogP contribution is 2.33. The molecule has 30 heavy (non-hydrogen) atoms. The fourth-order valence-electron chi connectivity index (χ4n) is 4.79. The van der Waals surface area contributed by atoms with Gasteiger partial charge in [-0.15, -0.1) is 0 Å². The van der Waals surface area contributed by atoms with Crippen LogP contribution < -0.4 is 0 Å². The third kappa shape index (κ3) is 3.96. The van der Waals surface area contributed by atoms with Crippen molar-refractivity contribution >= 4 is 31.8 Å². The van der Waals surface area contributed by atoms with E-state index in [1.54, 1.807) is 16.7 Å². The van der Waals surface area contributed by atoms with Crippen LogP contribution in [0.4, 0.5) is 8.78 Å². The zero-order chi connectivity index (χ0) is 21.6. The molecular formula is C22H26F2N2O3S. The standard InChI is InChI=1S/C22H26F2N2O3S/c1-14-4-3-5-20(14)26(30(2,28)29)13-17(27)12-25-21-8-6-15(23)10-18(21)19-11-16(24)7-9-22(19)25/h6-11,14,17,20,27H,3-5,12-13H2,1-2H3/t14-,17?,20?/m0/s1. The smallest absolute Gasteiger partial charge is 0.211 e. The number of rotatable bonds is 6. The number of hydrogen-bond acceptors (Lipinski definition) is 3. The first-order valence-corrected chi connectivity index (χ1v) is 12.0. The lowest BCUT2D eigenvalue weighted by atomic mass is 10.1. The number of hydrogen-bond donors (Lipinski definition) is 1. The molecule has 1 heterocycles. The third-order valence-electron chi connectivity index (χ3n) is 6.19. The molecule has 2 unspecified atom stereocenters. The van der Waals surface area contributed by atoms with E-state index in [0.29, 0.717) is 21.8 Å². The van der Waals surface area contributed by atoms with E-state index in [0.717, 1.165) is 19.3 Å². The van der Waals surface area contributed by atoms with Crippen molar-refractivity contribution in [1.82, 2.24) is 8.87 Å². The summed E-state index contributed by atoms with van der Waals surface area (Å²) in [5.74, 6) is -0.610. The van der Waals surface area contributed by atoms with Crippen LogP contribution in [0, 0.1) is 17.6 Å². The van der Waals surface area contributed by atoms with Gasteiger partial charge in [0.15, 0.2) is 0 Å². The number of aliphatic hydroxyl groups is 1. The van der Waals surface area contributed by atoms with Crippen molar-refractivity contribution in [3.05, 3.63) is 48.0 Å². The molecule has 1 fully saturated rings. The Morgan fingerprint density at radius 1 is 1.10 bits per heavy atom. The molecule has 8 heteroatoms. The quantitative estimate of drug-likeness (QED) is 0.638. The zero-order valence-electron chi connectivity index (χ0n) is 17.1. The summed E-state index contributed by atoms with van der Waals surface area (Å²) < 4.78 is 55.7. The highest BCUT2D eigenvalue weighted by Gasteiger charge is 2.35. The number of nitrogens with zero attached hydrogens (tertiary/aromatic N) is 2. The van der Waals surface area contributed by atoms with Gasteiger partial charge in [-0.05, 0) is 55.2 Å². The maximum absolute atomic E-state index is 13.8. The van der Waals surface area contributed by atoms with E-state index in [2.05, 4.69) is 0 Å². The molecule has 0 radical (unpaired) electrons. The SMILES string of the molecule is C[C@H]1CCCC1N(CC(O)Cn1c2ccc(F)cc2c2cc(F)ccc21)S(C)(=O)=O. The fourth-order valence-corrected chi connectivity index (χ4v) is 6.04. The Hall–Kier alpha value is -2.03. The minimum absolute atomic E-state index is 0.0165. The Morgan fingerprint density at radius 3 is 2.13 bits per heavy atom. The van der Waals surface area contributed by atoms with Gasteiger partial charge in [0.2, 0.25) is 10.0 Å². The van der Waals surface area contributed by atoms with Gasteiger partial charge in [-0.25, -0.2) is 17.2 Å². The normalized spacial score (nSPS) is 21.1. The van der Waals surface area contributed by atoms with Crippen molar-refractivity contribution in [2.45, 2.75) is 44.9 Å². The number of halogens is 2. The van der Waals surface area contributed by atoms with Crippen LogP contribution in [0.5, 0.6) is 0 Å². The maximum Gasteiger partial charge on any atom is 0.211 e. The van der Waals surface area contributed by atoms with Crippen molar-refractivity contribution < 1.29 is 22.3 Å². The van der Waals surface area contributed by atoms with Gasteiger partial charge < -0.3 is 9.67 Å². The lowest BCUT2D eigenvalue weighted by Gasteiger charge is -2.31. The first-order valence-electron chi connectivity index (χ1n) is 10.2. The topological polar surface area (TPSA) is 62.5 Å². The average molecular weight is 437 g/mol. The lowest BCUT2D eigenvalue weighted by molar-refractivity contribution is 0.112. The first kappa shape index (κ1) is 21.2. The molecule has 0 aliphatic heterocycles. The van der Waals surface area contributed by atoms with Gasteiger partial charge in [-0.1, -0.05) is 13.3 Å². The number of sulfonamides is 1. The summed E-state index contributed by atoms with van der Waals surface area (Å²) >= 11 is 0. The molecule has 1 aliphatic carbocycles. The molecule has 5 nitrogen and oxygen atoms in total. The van der Waals surface area contributed by atoms with E-state index in [9.17, 15) is 22.3 Å². The summed E-state index contributed by atoms with van der Waals surface area (Å²) in [6, 6.07) is 8.43. The van der Waals surface area contributed by atoms with Crippen molar-refractivity contribution in [3.63, 3.8) is 0 Å². The van der Waals surface area contributed by atoms with Gasteiger partial charge >= 0.3 is 0 Å². The summed E-state index contributed by atoms with van der Waals surface area (Å²) in [4.78, 5) is 0. The molecule has 3 aromatic rings. The van der Waals surface area contributed by atoms with E-state index < -0.39 is 27.8 Å². The van der Waals surface area contributed by atoms with Crippen LogP contribution in [0.1, 0.15) is 26.2 Å². The van der Waals surface area contributed by atoms with Gasteiger partial charge in [0.05, 0.1) is 18.9 Å². The van der Waals surface area contributed by atoms with E-state index in [1.807, 2.05) is 6.92 Å². The summed E-state index contributed by atoms with van der Waals surface area (Å²) in [5, 5.41) is 12.0. The molecule has 0 bridgehead atoms. The van der Waals surface area contributed by atoms with Crippen molar-refractivity contribution in [2.75, 3.05) is 12.8 Å². The Balaban J connectivity index is 1.69. The van der Waals surface area contributed by atoms with Crippen LogP contribution >= 0.6 is 0 Å². The fraction of sp³-hybridized carbons (Fsp3) is 0.455. The van der Waals surface area contributed by atoms with Crippen LogP contribution in [-0.2, 0) is 16.6 Å². The summed E-state index contributed by atoms with van der Waals surface area (Å²) in [6.07, 6.45) is 2.93.